The Labute approximate surface area is 135 Å². The molecule has 0 radical (unpaired) electrons. The third-order valence-corrected chi connectivity index (χ3v) is 3.39. The molecular formula is C15H10ClF3N4. The number of anilines is 1. The molecule has 2 heterocycles. The van der Waals surface area contributed by atoms with Crippen LogP contribution in [0.15, 0.2) is 53.8 Å². The summed E-state index contributed by atoms with van der Waals surface area (Å²) in [4.78, 5) is 12.8. The second kappa shape index (κ2) is 6.00. The Morgan fingerprint density at radius 1 is 1.13 bits per heavy atom. The lowest BCUT2D eigenvalue weighted by Crippen LogP contribution is -2.27. The summed E-state index contributed by atoms with van der Waals surface area (Å²) in [5, 5.41) is -0.261. The van der Waals surface area contributed by atoms with Crippen LogP contribution < -0.4 is 4.90 Å². The van der Waals surface area contributed by atoms with Gasteiger partial charge in [-0.3, -0.25) is 4.99 Å². The Morgan fingerprint density at radius 3 is 2.57 bits per heavy atom. The van der Waals surface area contributed by atoms with Crippen LogP contribution in [0.1, 0.15) is 17.3 Å². The van der Waals surface area contributed by atoms with Crippen LogP contribution in [0.3, 0.4) is 0 Å². The van der Waals surface area contributed by atoms with Crippen molar-refractivity contribution in [1.82, 2.24) is 9.97 Å². The number of hydrogen-bond donors (Lipinski definition) is 0. The number of rotatable bonds is 2. The molecule has 118 valence electrons. The van der Waals surface area contributed by atoms with Crippen LogP contribution in [0.5, 0.6) is 0 Å². The lowest BCUT2D eigenvalue weighted by molar-refractivity contribution is -0.137. The SMILES string of the molecule is FC(F)(F)c1cnc(Cl)nc1N1C=CC=NC1c1ccccc1. The smallest absolute Gasteiger partial charge is 0.305 e. The molecule has 1 unspecified atom stereocenters. The zero-order chi connectivity index (χ0) is 16.4. The van der Waals surface area contributed by atoms with Crippen LogP contribution in [0.4, 0.5) is 19.0 Å². The van der Waals surface area contributed by atoms with Gasteiger partial charge in [0.25, 0.3) is 0 Å². The zero-order valence-corrected chi connectivity index (χ0v) is 12.3. The van der Waals surface area contributed by atoms with Crippen molar-refractivity contribution >= 4 is 23.6 Å². The number of benzene rings is 1. The summed E-state index contributed by atoms with van der Waals surface area (Å²) in [6.45, 7) is 0. The number of alkyl halides is 3. The van der Waals surface area contributed by atoms with Gasteiger partial charge in [0.15, 0.2) is 12.0 Å². The van der Waals surface area contributed by atoms with Crippen molar-refractivity contribution in [3.63, 3.8) is 0 Å². The second-order valence-corrected chi connectivity index (χ2v) is 5.04. The minimum absolute atomic E-state index is 0.261. The first-order valence-electron chi connectivity index (χ1n) is 6.60. The molecule has 23 heavy (non-hydrogen) atoms. The van der Waals surface area contributed by atoms with Gasteiger partial charge in [0, 0.05) is 18.6 Å². The molecule has 1 aromatic heterocycles. The first kappa shape index (κ1) is 15.5. The molecule has 8 heteroatoms. The van der Waals surface area contributed by atoms with E-state index < -0.39 is 17.9 Å². The molecule has 0 fully saturated rings. The van der Waals surface area contributed by atoms with Gasteiger partial charge < -0.3 is 4.90 Å². The van der Waals surface area contributed by atoms with E-state index in [0.717, 1.165) is 5.56 Å². The number of halogens is 4. The average molecular weight is 339 g/mol. The predicted octanol–water partition coefficient (Wildman–Crippen LogP) is 4.25. The topological polar surface area (TPSA) is 41.4 Å². The standard InChI is InChI=1S/C15H10ClF3N4/c16-14-21-9-11(15(17,18)19)13(22-14)23-8-4-7-20-12(23)10-5-2-1-3-6-10/h1-9,12H. The monoisotopic (exact) mass is 338 g/mol. The minimum atomic E-state index is -4.60. The van der Waals surface area contributed by atoms with Crippen molar-refractivity contribution < 1.29 is 13.2 Å². The highest BCUT2D eigenvalue weighted by Crippen LogP contribution is 2.39. The Hall–Kier alpha value is -2.41. The van der Waals surface area contributed by atoms with Crippen LogP contribution in [-0.2, 0) is 6.18 Å². The molecule has 0 saturated heterocycles. The second-order valence-electron chi connectivity index (χ2n) is 4.71. The maximum Gasteiger partial charge on any atom is 0.421 e. The third-order valence-electron chi connectivity index (χ3n) is 3.21. The highest BCUT2D eigenvalue weighted by molar-refractivity contribution is 6.28. The van der Waals surface area contributed by atoms with Crippen molar-refractivity contribution in [3.05, 3.63) is 65.2 Å². The molecule has 4 nitrogen and oxygen atoms in total. The fraction of sp³-hybridized carbons (Fsp3) is 0.133. The van der Waals surface area contributed by atoms with E-state index in [0.29, 0.717) is 6.20 Å². The molecule has 1 aromatic carbocycles. The minimum Gasteiger partial charge on any atom is -0.305 e. The number of aromatic nitrogens is 2. The Bertz CT molecular complexity index is 759. The number of hydrogen-bond acceptors (Lipinski definition) is 4. The Morgan fingerprint density at radius 2 is 1.87 bits per heavy atom. The fourth-order valence-electron chi connectivity index (χ4n) is 2.22. The van der Waals surface area contributed by atoms with Gasteiger partial charge in [-0.15, -0.1) is 0 Å². The third kappa shape index (κ3) is 3.19. The molecule has 0 bridgehead atoms. The van der Waals surface area contributed by atoms with Gasteiger partial charge in [-0.1, -0.05) is 30.3 Å². The average Bonchev–Trinajstić information content (AvgIpc) is 2.54. The molecule has 0 saturated carbocycles. The first-order valence-corrected chi connectivity index (χ1v) is 6.97. The number of aliphatic imine (C=N–C) groups is 1. The molecule has 0 aliphatic carbocycles. The molecule has 1 aliphatic rings. The highest BCUT2D eigenvalue weighted by Gasteiger charge is 2.38. The summed E-state index contributed by atoms with van der Waals surface area (Å²) in [5.74, 6) is -0.334. The lowest BCUT2D eigenvalue weighted by atomic mass is 10.1. The maximum atomic E-state index is 13.3. The van der Waals surface area contributed by atoms with Crippen LogP contribution in [0.25, 0.3) is 0 Å². The molecule has 0 spiro atoms. The Balaban J connectivity index is 2.11. The summed E-state index contributed by atoms with van der Waals surface area (Å²) in [7, 11) is 0. The summed E-state index contributed by atoms with van der Waals surface area (Å²) >= 11 is 5.70. The normalized spacial score (nSPS) is 17.6. The van der Waals surface area contributed by atoms with E-state index in [9.17, 15) is 13.2 Å². The number of allylic oxidation sites excluding steroid dienone is 1. The van der Waals surface area contributed by atoms with Gasteiger partial charge in [-0.2, -0.15) is 18.2 Å². The van der Waals surface area contributed by atoms with Crippen molar-refractivity contribution in [2.75, 3.05) is 4.90 Å². The molecule has 0 N–H and O–H groups in total. The molecular weight excluding hydrogens is 329 g/mol. The molecule has 1 aliphatic heterocycles. The highest BCUT2D eigenvalue weighted by atomic mass is 35.5. The van der Waals surface area contributed by atoms with Gasteiger partial charge >= 0.3 is 6.18 Å². The van der Waals surface area contributed by atoms with Gasteiger partial charge in [0.05, 0.1) is 0 Å². The van der Waals surface area contributed by atoms with Crippen molar-refractivity contribution in [1.29, 1.82) is 0 Å². The Kier molecular flexibility index (Phi) is 4.04. The zero-order valence-electron chi connectivity index (χ0n) is 11.6. The van der Waals surface area contributed by atoms with Crippen molar-refractivity contribution in [2.24, 2.45) is 4.99 Å². The first-order chi connectivity index (χ1) is 11.0. The predicted molar refractivity (Wildman–Crippen MR) is 81.3 cm³/mol. The summed E-state index contributed by atoms with van der Waals surface area (Å²) in [6, 6.07) is 8.96. The maximum absolute atomic E-state index is 13.3. The molecule has 3 rings (SSSR count). The van der Waals surface area contributed by atoms with Crippen LogP contribution in [0.2, 0.25) is 5.28 Å². The van der Waals surface area contributed by atoms with Crippen LogP contribution >= 0.6 is 11.6 Å². The summed E-state index contributed by atoms with van der Waals surface area (Å²) < 4.78 is 39.8. The molecule has 1 atom stereocenters. The fourth-order valence-corrected chi connectivity index (χ4v) is 2.35. The van der Waals surface area contributed by atoms with Crippen molar-refractivity contribution in [3.8, 4) is 0 Å². The van der Waals surface area contributed by atoms with E-state index in [1.807, 2.05) is 6.07 Å². The van der Waals surface area contributed by atoms with E-state index in [-0.39, 0.29) is 11.1 Å². The van der Waals surface area contributed by atoms with E-state index in [4.69, 9.17) is 11.6 Å². The largest absolute Gasteiger partial charge is 0.421 e. The van der Waals surface area contributed by atoms with Crippen LogP contribution in [0, 0.1) is 0 Å². The quantitative estimate of drug-likeness (QED) is 0.769. The van der Waals surface area contributed by atoms with Gasteiger partial charge in [0.2, 0.25) is 5.28 Å². The van der Waals surface area contributed by atoms with Crippen molar-refractivity contribution in [2.45, 2.75) is 12.3 Å². The van der Waals surface area contributed by atoms with Gasteiger partial charge in [0.1, 0.15) is 5.56 Å². The van der Waals surface area contributed by atoms with E-state index in [2.05, 4.69) is 15.0 Å². The van der Waals surface area contributed by atoms with E-state index in [1.165, 1.54) is 23.4 Å². The summed E-state index contributed by atoms with van der Waals surface area (Å²) in [5.41, 5.74) is -0.236. The summed E-state index contributed by atoms with van der Waals surface area (Å²) in [6.07, 6.45) is -0.0266. The number of nitrogens with zero attached hydrogens (tertiary/aromatic N) is 4. The van der Waals surface area contributed by atoms with Gasteiger partial charge in [-0.25, -0.2) is 4.98 Å². The molecule has 2 aromatic rings. The molecule has 0 amide bonds. The van der Waals surface area contributed by atoms with E-state index >= 15 is 0 Å². The van der Waals surface area contributed by atoms with E-state index in [1.54, 1.807) is 24.3 Å². The van der Waals surface area contributed by atoms with Gasteiger partial charge in [-0.05, 0) is 23.2 Å². The van der Waals surface area contributed by atoms with Crippen LogP contribution in [-0.4, -0.2) is 16.2 Å². The lowest BCUT2D eigenvalue weighted by Gasteiger charge is -2.30.